The second kappa shape index (κ2) is 11.6. The molecule has 2 rings (SSSR count). The highest BCUT2D eigenvalue weighted by atomic mass is 16.7. The van der Waals surface area contributed by atoms with E-state index in [1.165, 1.54) is 25.7 Å². The van der Waals surface area contributed by atoms with Gasteiger partial charge < -0.3 is 14.3 Å². The number of ether oxygens (including phenoxy) is 2. The Morgan fingerprint density at radius 1 is 1.04 bits per heavy atom. The van der Waals surface area contributed by atoms with Crippen molar-refractivity contribution in [1.29, 1.82) is 0 Å². The first-order chi connectivity index (χ1) is 12.7. The SMILES string of the molecule is CCCCCCCOc1ccc(C2=NOC(C(=O)OCCCC)C2)cc1. The molecule has 1 unspecified atom stereocenters. The molecule has 1 atom stereocenters. The van der Waals surface area contributed by atoms with Gasteiger partial charge in [0.2, 0.25) is 6.10 Å². The molecule has 0 saturated carbocycles. The van der Waals surface area contributed by atoms with Crippen LogP contribution in [0.5, 0.6) is 5.75 Å². The molecule has 0 N–H and O–H groups in total. The van der Waals surface area contributed by atoms with Gasteiger partial charge in [0.15, 0.2) is 0 Å². The number of esters is 1. The minimum Gasteiger partial charge on any atom is -0.494 e. The predicted octanol–water partition coefficient (Wildman–Crippen LogP) is 4.87. The third kappa shape index (κ3) is 6.70. The summed E-state index contributed by atoms with van der Waals surface area (Å²) in [5.74, 6) is 0.527. The van der Waals surface area contributed by atoms with Crippen molar-refractivity contribution in [3.63, 3.8) is 0 Å². The summed E-state index contributed by atoms with van der Waals surface area (Å²) < 4.78 is 11.0. The van der Waals surface area contributed by atoms with Crippen molar-refractivity contribution >= 4 is 11.7 Å². The van der Waals surface area contributed by atoms with Gasteiger partial charge in [-0.2, -0.15) is 0 Å². The van der Waals surface area contributed by atoms with E-state index < -0.39 is 6.10 Å². The van der Waals surface area contributed by atoms with Crippen LogP contribution in [-0.4, -0.2) is 31.0 Å². The summed E-state index contributed by atoms with van der Waals surface area (Å²) in [5, 5.41) is 4.05. The number of carbonyl (C=O) groups excluding carboxylic acids is 1. The normalized spacial score (nSPS) is 16.1. The van der Waals surface area contributed by atoms with Gasteiger partial charge in [0.05, 0.1) is 18.9 Å². The van der Waals surface area contributed by atoms with Gasteiger partial charge in [-0.05, 0) is 42.7 Å². The van der Waals surface area contributed by atoms with Gasteiger partial charge in [-0.3, -0.25) is 0 Å². The van der Waals surface area contributed by atoms with Crippen LogP contribution in [0.1, 0.15) is 70.8 Å². The summed E-state index contributed by atoms with van der Waals surface area (Å²) in [4.78, 5) is 17.2. The first-order valence-electron chi connectivity index (χ1n) is 9.87. The van der Waals surface area contributed by atoms with Crippen LogP contribution in [0.2, 0.25) is 0 Å². The molecule has 0 amide bonds. The Kier molecular flexibility index (Phi) is 9.01. The lowest BCUT2D eigenvalue weighted by molar-refractivity contribution is -0.155. The highest BCUT2D eigenvalue weighted by Gasteiger charge is 2.30. The lowest BCUT2D eigenvalue weighted by atomic mass is 10.1. The number of carbonyl (C=O) groups is 1. The highest BCUT2D eigenvalue weighted by molar-refractivity contribution is 6.03. The Hall–Kier alpha value is -2.04. The number of nitrogens with zero attached hydrogens (tertiary/aromatic N) is 1. The Bertz CT molecular complexity index is 568. The van der Waals surface area contributed by atoms with Gasteiger partial charge in [-0.25, -0.2) is 4.79 Å². The van der Waals surface area contributed by atoms with Gasteiger partial charge in [0.25, 0.3) is 0 Å². The first-order valence-corrected chi connectivity index (χ1v) is 9.87. The molecule has 0 saturated heterocycles. The average Bonchev–Trinajstić information content (AvgIpc) is 3.15. The fraction of sp³-hybridized carbons (Fsp3) is 0.619. The van der Waals surface area contributed by atoms with Gasteiger partial charge in [0, 0.05) is 6.42 Å². The molecule has 144 valence electrons. The highest BCUT2D eigenvalue weighted by Crippen LogP contribution is 2.20. The maximum atomic E-state index is 11.9. The zero-order chi connectivity index (χ0) is 18.6. The molecule has 1 aliphatic rings. The quantitative estimate of drug-likeness (QED) is 0.393. The van der Waals surface area contributed by atoms with Crippen molar-refractivity contribution in [2.24, 2.45) is 5.16 Å². The Morgan fingerprint density at radius 3 is 2.50 bits per heavy atom. The number of unbranched alkanes of at least 4 members (excludes halogenated alkanes) is 5. The second-order valence-electron chi connectivity index (χ2n) is 6.64. The van der Waals surface area contributed by atoms with Crippen LogP contribution < -0.4 is 4.74 Å². The van der Waals surface area contributed by atoms with Gasteiger partial charge in [0.1, 0.15) is 5.75 Å². The van der Waals surface area contributed by atoms with Crippen LogP contribution in [0.4, 0.5) is 0 Å². The van der Waals surface area contributed by atoms with Crippen LogP contribution in [0.3, 0.4) is 0 Å². The van der Waals surface area contributed by atoms with E-state index in [0.29, 0.717) is 13.0 Å². The van der Waals surface area contributed by atoms with Crippen LogP contribution in [-0.2, 0) is 14.4 Å². The van der Waals surface area contributed by atoms with Crippen molar-refractivity contribution in [2.75, 3.05) is 13.2 Å². The van der Waals surface area contributed by atoms with Crippen LogP contribution in [0.25, 0.3) is 0 Å². The molecule has 26 heavy (non-hydrogen) atoms. The maximum Gasteiger partial charge on any atom is 0.350 e. The smallest absolute Gasteiger partial charge is 0.350 e. The molecule has 1 heterocycles. The van der Waals surface area contributed by atoms with Crippen LogP contribution in [0.15, 0.2) is 29.4 Å². The number of benzene rings is 1. The van der Waals surface area contributed by atoms with Gasteiger partial charge in [-0.1, -0.05) is 51.1 Å². The van der Waals surface area contributed by atoms with Crippen molar-refractivity contribution < 1.29 is 19.1 Å². The average molecular weight is 361 g/mol. The fourth-order valence-electron chi connectivity index (χ4n) is 2.72. The van der Waals surface area contributed by atoms with E-state index in [4.69, 9.17) is 14.3 Å². The third-order valence-electron chi connectivity index (χ3n) is 4.38. The third-order valence-corrected chi connectivity index (χ3v) is 4.38. The molecule has 0 spiro atoms. The monoisotopic (exact) mass is 361 g/mol. The number of hydrogen-bond acceptors (Lipinski definition) is 5. The molecule has 0 bridgehead atoms. The summed E-state index contributed by atoms with van der Waals surface area (Å²) in [6, 6.07) is 7.80. The zero-order valence-corrected chi connectivity index (χ0v) is 16.0. The van der Waals surface area contributed by atoms with Crippen LogP contribution >= 0.6 is 0 Å². The van der Waals surface area contributed by atoms with E-state index in [2.05, 4.69) is 19.0 Å². The summed E-state index contributed by atoms with van der Waals surface area (Å²) in [6.45, 7) is 5.46. The largest absolute Gasteiger partial charge is 0.494 e. The summed E-state index contributed by atoms with van der Waals surface area (Å²) in [6.07, 6.45) is 7.82. The lowest BCUT2D eigenvalue weighted by Gasteiger charge is -2.08. The minimum atomic E-state index is -0.624. The maximum absolute atomic E-state index is 11.9. The van der Waals surface area contributed by atoms with E-state index in [9.17, 15) is 4.79 Å². The van der Waals surface area contributed by atoms with Crippen molar-refractivity contribution in [2.45, 2.75) is 71.3 Å². The fourth-order valence-corrected chi connectivity index (χ4v) is 2.72. The molecule has 0 fully saturated rings. The van der Waals surface area contributed by atoms with Crippen molar-refractivity contribution in [3.8, 4) is 5.75 Å². The molecule has 5 heteroatoms. The van der Waals surface area contributed by atoms with E-state index in [-0.39, 0.29) is 5.97 Å². The molecule has 5 nitrogen and oxygen atoms in total. The molecule has 1 aromatic rings. The van der Waals surface area contributed by atoms with Crippen molar-refractivity contribution in [1.82, 2.24) is 0 Å². The van der Waals surface area contributed by atoms with E-state index in [1.54, 1.807) is 0 Å². The van der Waals surface area contributed by atoms with Gasteiger partial charge in [-0.15, -0.1) is 0 Å². The van der Waals surface area contributed by atoms with Crippen molar-refractivity contribution in [3.05, 3.63) is 29.8 Å². The zero-order valence-electron chi connectivity index (χ0n) is 16.0. The molecular weight excluding hydrogens is 330 g/mol. The molecule has 0 radical (unpaired) electrons. The van der Waals surface area contributed by atoms with Crippen LogP contribution in [0, 0.1) is 0 Å². The Balaban J connectivity index is 1.72. The molecule has 1 aromatic carbocycles. The van der Waals surface area contributed by atoms with E-state index in [0.717, 1.165) is 42.9 Å². The van der Waals surface area contributed by atoms with Gasteiger partial charge >= 0.3 is 5.97 Å². The lowest BCUT2D eigenvalue weighted by Crippen LogP contribution is -2.24. The Morgan fingerprint density at radius 2 is 1.77 bits per heavy atom. The molecular formula is C21H31NO4. The number of oxime groups is 1. The number of rotatable bonds is 12. The standard InChI is InChI=1S/C21H31NO4/c1-3-5-7-8-9-15-24-18-12-10-17(11-13-18)19-16-20(26-22-19)21(23)25-14-6-4-2/h10-13,20H,3-9,14-16H2,1-2H3. The second-order valence-corrected chi connectivity index (χ2v) is 6.64. The molecule has 1 aliphatic heterocycles. The summed E-state index contributed by atoms with van der Waals surface area (Å²) in [7, 11) is 0. The topological polar surface area (TPSA) is 57.1 Å². The molecule has 0 aromatic heterocycles. The predicted molar refractivity (Wildman–Crippen MR) is 103 cm³/mol. The summed E-state index contributed by atoms with van der Waals surface area (Å²) >= 11 is 0. The Labute approximate surface area is 156 Å². The first kappa shape index (κ1) is 20.3. The number of hydrogen-bond donors (Lipinski definition) is 0. The van der Waals surface area contributed by atoms with E-state index in [1.807, 2.05) is 24.3 Å². The molecule has 0 aliphatic carbocycles. The van der Waals surface area contributed by atoms with E-state index >= 15 is 0 Å². The minimum absolute atomic E-state index is 0.333. The summed E-state index contributed by atoms with van der Waals surface area (Å²) in [5.41, 5.74) is 1.72.